The highest BCUT2D eigenvalue weighted by molar-refractivity contribution is 7.87. The molecule has 0 bridgehead atoms. The van der Waals surface area contributed by atoms with Gasteiger partial charge in [0.15, 0.2) is 0 Å². The molecule has 6 nitrogen and oxygen atoms in total. The summed E-state index contributed by atoms with van der Waals surface area (Å²) >= 11 is 0. The van der Waals surface area contributed by atoms with E-state index in [9.17, 15) is 17.1 Å². The average Bonchev–Trinajstić information content (AvgIpc) is 3.08. The van der Waals surface area contributed by atoms with Crippen molar-refractivity contribution in [2.24, 2.45) is 0 Å². The highest BCUT2D eigenvalue weighted by atomic mass is 32.3. The topological polar surface area (TPSA) is 72.3 Å². The minimum absolute atomic E-state index is 0.110. The maximum absolute atomic E-state index is 13.0. The molecule has 23 heavy (non-hydrogen) atoms. The van der Waals surface area contributed by atoms with E-state index in [4.69, 9.17) is 0 Å². The summed E-state index contributed by atoms with van der Waals surface area (Å²) in [5, 5.41) is 2.98. The Balaban J connectivity index is 1.64. The third-order valence-electron chi connectivity index (χ3n) is 3.82. The highest BCUT2D eigenvalue weighted by Crippen LogP contribution is 2.21. The van der Waals surface area contributed by atoms with Gasteiger partial charge in [0.05, 0.1) is 12.7 Å². The van der Waals surface area contributed by atoms with Crippen molar-refractivity contribution in [1.29, 1.82) is 0 Å². The minimum Gasteiger partial charge on any atom is -0.337 e. The monoisotopic (exact) mass is 337 g/mol. The van der Waals surface area contributed by atoms with Crippen LogP contribution < -0.4 is 0 Å². The molecule has 1 aliphatic heterocycles. The first-order chi connectivity index (χ1) is 10.9. The number of hydrogen-bond acceptors (Lipinski definition) is 4. The highest BCUT2D eigenvalue weighted by Gasteiger charge is 2.38. The Morgan fingerprint density at radius 2 is 1.91 bits per heavy atom. The summed E-state index contributed by atoms with van der Waals surface area (Å²) in [6, 6.07) is 9.80. The van der Waals surface area contributed by atoms with Crippen LogP contribution in [0, 0.1) is 0 Å². The first kappa shape index (κ1) is 15.7. The third kappa shape index (κ3) is 3.76. The van der Waals surface area contributed by atoms with Crippen molar-refractivity contribution in [1.82, 2.24) is 14.7 Å². The molecule has 1 aliphatic rings. The maximum Gasteiger partial charge on any atom is 0.307 e. The van der Waals surface area contributed by atoms with Crippen molar-refractivity contribution in [3.63, 3.8) is 0 Å². The smallest absolute Gasteiger partial charge is 0.307 e. The molecule has 1 aromatic carbocycles. The van der Waals surface area contributed by atoms with Crippen molar-refractivity contribution in [2.75, 3.05) is 6.54 Å². The van der Waals surface area contributed by atoms with Crippen LogP contribution in [0.15, 0.2) is 42.7 Å². The van der Waals surface area contributed by atoms with Crippen molar-refractivity contribution < 1.29 is 17.1 Å². The van der Waals surface area contributed by atoms with Crippen LogP contribution in [0.1, 0.15) is 17.5 Å². The van der Waals surface area contributed by atoms with Crippen LogP contribution in [-0.2, 0) is 28.1 Å². The number of halogens is 1. The molecule has 8 heteroatoms. The van der Waals surface area contributed by atoms with Gasteiger partial charge in [-0.15, -0.1) is 3.89 Å². The van der Waals surface area contributed by atoms with Crippen LogP contribution in [0.2, 0.25) is 0 Å². The summed E-state index contributed by atoms with van der Waals surface area (Å²) in [5.74, 6) is -0.355. The van der Waals surface area contributed by atoms with E-state index in [1.54, 1.807) is 17.1 Å². The van der Waals surface area contributed by atoms with Crippen LogP contribution in [0.4, 0.5) is 3.89 Å². The summed E-state index contributed by atoms with van der Waals surface area (Å²) in [4.78, 5) is 13.2. The standard InChI is InChI=1S/C15H16FN3O3S/c16-23(21,22)14-6-15(20)18(11-14)8-13-7-17-19(10-13)9-12-4-2-1-3-5-12/h1-5,7,10,14H,6,8-9,11H2. The quantitative estimate of drug-likeness (QED) is 0.772. The third-order valence-corrected chi connectivity index (χ3v) is 4.94. The van der Waals surface area contributed by atoms with Crippen molar-refractivity contribution in [3.8, 4) is 0 Å². The molecule has 1 unspecified atom stereocenters. The molecule has 1 fully saturated rings. The van der Waals surface area contributed by atoms with Gasteiger partial charge in [-0.2, -0.15) is 13.5 Å². The fourth-order valence-electron chi connectivity index (χ4n) is 2.64. The van der Waals surface area contributed by atoms with Crippen LogP contribution >= 0.6 is 0 Å². The molecule has 0 spiro atoms. The van der Waals surface area contributed by atoms with Gasteiger partial charge in [-0.25, -0.2) is 0 Å². The molecule has 0 saturated carbocycles. The van der Waals surface area contributed by atoms with E-state index in [-0.39, 0.29) is 25.4 Å². The SMILES string of the molecule is O=C1CC(S(=O)(=O)F)CN1Cc1cnn(Cc2ccccc2)c1. The Kier molecular flexibility index (Phi) is 4.16. The Labute approximate surface area is 133 Å². The lowest BCUT2D eigenvalue weighted by molar-refractivity contribution is -0.128. The first-order valence-electron chi connectivity index (χ1n) is 7.18. The Morgan fingerprint density at radius 1 is 1.17 bits per heavy atom. The van der Waals surface area contributed by atoms with E-state index < -0.39 is 15.5 Å². The van der Waals surface area contributed by atoms with Crippen LogP contribution in [0.25, 0.3) is 0 Å². The summed E-state index contributed by atoms with van der Waals surface area (Å²) in [6.07, 6.45) is 3.14. The summed E-state index contributed by atoms with van der Waals surface area (Å²) in [6.45, 7) is 0.734. The van der Waals surface area contributed by atoms with Gasteiger partial charge in [-0.3, -0.25) is 9.48 Å². The largest absolute Gasteiger partial charge is 0.337 e. The van der Waals surface area contributed by atoms with E-state index in [1.165, 1.54) is 4.90 Å². The van der Waals surface area contributed by atoms with Gasteiger partial charge in [-0.05, 0) is 5.56 Å². The molecule has 0 radical (unpaired) electrons. The summed E-state index contributed by atoms with van der Waals surface area (Å²) in [5.41, 5.74) is 1.88. The van der Waals surface area contributed by atoms with Gasteiger partial charge < -0.3 is 4.90 Å². The Bertz CT molecular complexity index is 804. The second-order valence-electron chi connectivity index (χ2n) is 5.61. The van der Waals surface area contributed by atoms with E-state index in [0.29, 0.717) is 6.54 Å². The number of amides is 1. The summed E-state index contributed by atoms with van der Waals surface area (Å²) < 4.78 is 36.6. The predicted octanol–water partition coefficient (Wildman–Crippen LogP) is 1.33. The fraction of sp³-hybridized carbons (Fsp3) is 0.333. The predicted molar refractivity (Wildman–Crippen MR) is 81.6 cm³/mol. The molecule has 1 aromatic heterocycles. The van der Waals surface area contributed by atoms with Crippen molar-refractivity contribution in [3.05, 3.63) is 53.9 Å². The zero-order chi connectivity index (χ0) is 16.4. The van der Waals surface area contributed by atoms with E-state index >= 15 is 0 Å². The lowest BCUT2D eigenvalue weighted by Gasteiger charge is -2.14. The van der Waals surface area contributed by atoms with Crippen LogP contribution in [-0.4, -0.2) is 40.8 Å². The van der Waals surface area contributed by atoms with E-state index in [1.807, 2.05) is 30.3 Å². The number of carbonyl (C=O) groups excluding carboxylic acids is 1. The molecule has 2 aromatic rings. The molecule has 1 saturated heterocycles. The number of carbonyl (C=O) groups is 1. The van der Waals surface area contributed by atoms with Gasteiger partial charge in [0.1, 0.15) is 5.25 Å². The number of hydrogen-bond donors (Lipinski definition) is 0. The molecule has 122 valence electrons. The second-order valence-corrected chi connectivity index (χ2v) is 7.23. The van der Waals surface area contributed by atoms with Crippen LogP contribution in [0.5, 0.6) is 0 Å². The Hall–Kier alpha value is -2.22. The molecule has 1 amide bonds. The van der Waals surface area contributed by atoms with E-state index in [0.717, 1.165) is 11.1 Å². The number of rotatable bonds is 5. The normalized spacial score (nSPS) is 18.6. The van der Waals surface area contributed by atoms with Gasteiger partial charge in [0.2, 0.25) is 5.91 Å². The van der Waals surface area contributed by atoms with Gasteiger partial charge >= 0.3 is 10.2 Å². The lowest BCUT2D eigenvalue weighted by Crippen LogP contribution is -2.26. The number of likely N-dealkylation sites (tertiary alicyclic amines) is 1. The van der Waals surface area contributed by atoms with E-state index in [2.05, 4.69) is 5.10 Å². The van der Waals surface area contributed by atoms with Crippen molar-refractivity contribution in [2.45, 2.75) is 24.8 Å². The minimum atomic E-state index is -4.68. The van der Waals surface area contributed by atoms with Gasteiger partial charge in [0, 0.05) is 31.3 Å². The molecule has 2 heterocycles. The van der Waals surface area contributed by atoms with Gasteiger partial charge in [-0.1, -0.05) is 30.3 Å². The van der Waals surface area contributed by atoms with Crippen LogP contribution in [0.3, 0.4) is 0 Å². The molecule has 0 aliphatic carbocycles. The lowest BCUT2D eigenvalue weighted by atomic mass is 10.2. The fourth-order valence-corrected chi connectivity index (χ4v) is 3.34. The zero-order valence-electron chi connectivity index (χ0n) is 12.3. The molecule has 1 atom stereocenters. The average molecular weight is 337 g/mol. The van der Waals surface area contributed by atoms with Gasteiger partial charge in [0.25, 0.3) is 0 Å². The zero-order valence-corrected chi connectivity index (χ0v) is 13.1. The number of benzene rings is 1. The first-order valence-corrected chi connectivity index (χ1v) is 8.63. The Morgan fingerprint density at radius 3 is 2.57 bits per heavy atom. The maximum atomic E-state index is 13.0. The molecule has 3 rings (SSSR count). The second kappa shape index (κ2) is 6.11. The van der Waals surface area contributed by atoms with Crippen molar-refractivity contribution >= 4 is 16.1 Å². The number of nitrogens with zero attached hydrogens (tertiary/aromatic N) is 3. The molecular formula is C15H16FN3O3S. The molecule has 0 N–H and O–H groups in total. The number of aromatic nitrogens is 2. The molecular weight excluding hydrogens is 321 g/mol. The summed E-state index contributed by atoms with van der Waals surface area (Å²) in [7, 11) is -4.68.